The summed E-state index contributed by atoms with van der Waals surface area (Å²) in [5.41, 5.74) is 0.277. The van der Waals surface area contributed by atoms with E-state index in [-0.39, 0.29) is 11.5 Å². The zero-order valence-corrected chi connectivity index (χ0v) is 9.47. The van der Waals surface area contributed by atoms with E-state index in [0.29, 0.717) is 17.4 Å². The number of nitrogens with one attached hydrogen (secondary N) is 1. The molecule has 4 heteroatoms. The lowest BCUT2D eigenvalue weighted by Gasteiger charge is -2.03. The summed E-state index contributed by atoms with van der Waals surface area (Å²) in [4.78, 5) is 11.5. The summed E-state index contributed by atoms with van der Waals surface area (Å²) in [5, 5.41) is 2.59. The van der Waals surface area contributed by atoms with Gasteiger partial charge in [-0.3, -0.25) is 4.79 Å². The molecule has 1 aromatic rings. The van der Waals surface area contributed by atoms with E-state index in [0.717, 1.165) is 0 Å². The summed E-state index contributed by atoms with van der Waals surface area (Å²) >= 11 is 3.11. The molecule has 0 aliphatic heterocycles. The first-order chi connectivity index (χ1) is 7.13. The second-order valence-electron chi connectivity index (χ2n) is 2.87. The van der Waals surface area contributed by atoms with Gasteiger partial charge in [0.05, 0.1) is 0 Å². The van der Waals surface area contributed by atoms with Crippen LogP contribution in [-0.2, 0) is 0 Å². The molecule has 0 spiro atoms. The molecule has 78 valence electrons. The highest BCUT2D eigenvalue weighted by atomic mass is 79.9. The van der Waals surface area contributed by atoms with Crippen LogP contribution in [0.5, 0.6) is 0 Å². The maximum absolute atomic E-state index is 12.9. The first-order valence-corrected chi connectivity index (χ1v) is 5.10. The molecule has 15 heavy (non-hydrogen) atoms. The van der Waals surface area contributed by atoms with Crippen molar-refractivity contribution in [2.24, 2.45) is 0 Å². The van der Waals surface area contributed by atoms with Crippen LogP contribution in [0.1, 0.15) is 16.8 Å². The van der Waals surface area contributed by atoms with Crippen molar-refractivity contribution in [2.45, 2.75) is 6.42 Å². The number of carbonyl (C=O) groups excluding carboxylic acids is 1. The van der Waals surface area contributed by atoms with Crippen molar-refractivity contribution in [1.29, 1.82) is 0 Å². The van der Waals surface area contributed by atoms with Crippen LogP contribution in [-0.4, -0.2) is 12.5 Å². The average Bonchev–Trinajstić information content (AvgIpc) is 2.16. The summed E-state index contributed by atoms with van der Waals surface area (Å²) in [5.74, 6) is 1.62. The van der Waals surface area contributed by atoms with Crippen LogP contribution in [0.2, 0.25) is 0 Å². The van der Waals surface area contributed by atoms with Crippen molar-refractivity contribution in [3.8, 4) is 12.3 Å². The zero-order chi connectivity index (χ0) is 11.3. The summed E-state index contributed by atoms with van der Waals surface area (Å²) < 4.78 is 13.5. The van der Waals surface area contributed by atoms with Crippen LogP contribution in [0.4, 0.5) is 4.39 Å². The summed E-state index contributed by atoms with van der Waals surface area (Å²) in [6.45, 7) is 0.392. The first kappa shape index (κ1) is 11.7. The molecular weight excluding hydrogens is 261 g/mol. The lowest BCUT2D eigenvalue weighted by atomic mass is 10.2. The maximum Gasteiger partial charge on any atom is 0.251 e. The Labute approximate surface area is 96.0 Å². The van der Waals surface area contributed by atoms with Crippen LogP contribution in [0, 0.1) is 18.2 Å². The number of hydrogen-bond acceptors (Lipinski definition) is 1. The minimum atomic E-state index is -0.452. The number of hydrogen-bond donors (Lipinski definition) is 1. The maximum atomic E-state index is 12.9. The Hall–Kier alpha value is -1.34. The van der Waals surface area contributed by atoms with Gasteiger partial charge in [-0.1, -0.05) is 15.9 Å². The number of benzene rings is 1. The van der Waals surface area contributed by atoms with Crippen LogP contribution in [0.25, 0.3) is 0 Å². The van der Waals surface area contributed by atoms with Crippen molar-refractivity contribution in [2.75, 3.05) is 6.54 Å². The molecule has 0 radical (unpaired) electrons. The molecule has 0 aromatic heterocycles. The summed E-state index contributed by atoms with van der Waals surface area (Å²) in [6.07, 6.45) is 5.49. The monoisotopic (exact) mass is 269 g/mol. The van der Waals surface area contributed by atoms with Crippen molar-refractivity contribution in [1.82, 2.24) is 5.32 Å². The van der Waals surface area contributed by atoms with Gasteiger partial charge in [0.25, 0.3) is 5.91 Å². The van der Waals surface area contributed by atoms with Gasteiger partial charge in [-0.15, -0.1) is 12.3 Å². The predicted molar refractivity (Wildman–Crippen MR) is 59.9 cm³/mol. The minimum absolute atomic E-state index is 0.277. The Balaban J connectivity index is 2.70. The first-order valence-electron chi connectivity index (χ1n) is 4.31. The van der Waals surface area contributed by atoms with Gasteiger partial charge in [-0.05, 0) is 18.2 Å². The second-order valence-corrected chi connectivity index (χ2v) is 3.78. The third kappa shape index (κ3) is 3.72. The van der Waals surface area contributed by atoms with E-state index in [9.17, 15) is 9.18 Å². The Morgan fingerprint density at radius 1 is 1.53 bits per heavy atom. The number of rotatable bonds is 3. The standard InChI is InChI=1S/C11H9BrFNO/c1-2-3-4-14-11(15)8-5-9(12)7-10(13)6-8/h1,5-7H,3-4H2,(H,14,15). The smallest absolute Gasteiger partial charge is 0.251 e. The molecule has 0 unspecified atom stereocenters. The minimum Gasteiger partial charge on any atom is -0.351 e. The van der Waals surface area contributed by atoms with E-state index in [2.05, 4.69) is 27.2 Å². The molecule has 0 atom stereocenters. The third-order valence-electron chi connectivity index (χ3n) is 1.68. The summed E-state index contributed by atoms with van der Waals surface area (Å²) in [6, 6.07) is 4.02. The quantitative estimate of drug-likeness (QED) is 0.663. The van der Waals surface area contributed by atoms with Gasteiger partial charge in [0, 0.05) is 23.0 Å². The molecule has 1 rings (SSSR count). The van der Waals surface area contributed by atoms with Crippen molar-refractivity contribution >= 4 is 21.8 Å². The molecule has 0 fully saturated rings. The highest BCUT2D eigenvalue weighted by Gasteiger charge is 2.06. The number of terminal acetylenes is 1. The topological polar surface area (TPSA) is 29.1 Å². The molecule has 0 bridgehead atoms. The van der Waals surface area contributed by atoms with Gasteiger partial charge in [-0.2, -0.15) is 0 Å². The normalized spacial score (nSPS) is 9.40. The van der Waals surface area contributed by atoms with E-state index >= 15 is 0 Å². The lowest BCUT2D eigenvalue weighted by molar-refractivity contribution is 0.0954. The number of amides is 1. The molecule has 1 aromatic carbocycles. The molecule has 1 N–H and O–H groups in total. The highest BCUT2D eigenvalue weighted by molar-refractivity contribution is 9.10. The Morgan fingerprint density at radius 3 is 2.87 bits per heavy atom. The third-order valence-corrected chi connectivity index (χ3v) is 2.14. The zero-order valence-electron chi connectivity index (χ0n) is 7.89. The molecule has 2 nitrogen and oxygen atoms in total. The van der Waals surface area contributed by atoms with Crippen molar-refractivity contribution in [3.63, 3.8) is 0 Å². The largest absolute Gasteiger partial charge is 0.351 e. The fourth-order valence-electron chi connectivity index (χ4n) is 1.04. The molecule has 0 saturated carbocycles. The van der Waals surface area contributed by atoms with Gasteiger partial charge >= 0.3 is 0 Å². The van der Waals surface area contributed by atoms with Crippen LogP contribution in [0.3, 0.4) is 0 Å². The van der Waals surface area contributed by atoms with Crippen molar-refractivity contribution < 1.29 is 9.18 Å². The molecular formula is C11H9BrFNO. The van der Waals surface area contributed by atoms with E-state index in [1.807, 2.05) is 0 Å². The van der Waals surface area contributed by atoms with Gasteiger partial charge < -0.3 is 5.32 Å². The van der Waals surface area contributed by atoms with Gasteiger partial charge in [-0.25, -0.2) is 4.39 Å². The van der Waals surface area contributed by atoms with Crippen LogP contribution < -0.4 is 5.32 Å². The van der Waals surface area contributed by atoms with E-state index < -0.39 is 5.82 Å². The fraction of sp³-hybridized carbons (Fsp3) is 0.182. The van der Waals surface area contributed by atoms with E-state index in [1.165, 1.54) is 12.1 Å². The van der Waals surface area contributed by atoms with Crippen molar-refractivity contribution in [3.05, 3.63) is 34.1 Å². The number of halogens is 2. The van der Waals surface area contributed by atoms with Gasteiger partial charge in [0.15, 0.2) is 0 Å². The fourth-order valence-corrected chi connectivity index (χ4v) is 1.50. The summed E-state index contributed by atoms with van der Waals surface area (Å²) in [7, 11) is 0. The second kappa shape index (κ2) is 5.52. The van der Waals surface area contributed by atoms with Crippen LogP contribution in [0.15, 0.2) is 22.7 Å². The molecule has 0 aliphatic carbocycles. The number of carbonyl (C=O) groups is 1. The van der Waals surface area contributed by atoms with Gasteiger partial charge in [0.2, 0.25) is 0 Å². The molecule has 0 saturated heterocycles. The van der Waals surface area contributed by atoms with Gasteiger partial charge in [0.1, 0.15) is 5.82 Å². The predicted octanol–water partition coefficient (Wildman–Crippen LogP) is 2.34. The highest BCUT2D eigenvalue weighted by Crippen LogP contribution is 2.14. The Kier molecular flexibility index (Phi) is 4.32. The van der Waals surface area contributed by atoms with E-state index in [4.69, 9.17) is 6.42 Å². The lowest BCUT2D eigenvalue weighted by Crippen LogP contribution is -2.24. The average molecular weight is 270 g/mol. The molecule has 0 aliphatic rings. The molecule has 0 heterocycles. The van der Waals surface area contributed by atoms with E-state index in [1.54, 1.807) is 6.07 Å². The Bertz CT molecular complexity index is 391. The van der Waals surface area contributed by atoms with Crippen LogP contribution >= 0.6 is 15.9 Å². The Morgan fingerprint density at radius 2 is 2.27 bits per heavy atom. The molecule has 1 amide bonds. The SMILES string of the molecule is C#CCCNC(=O)c1cc(F)cc(Br)c1.